The lowest BCUT2D eigenvalue weighted by Crippen LogP contribution is -2.42. The van der Waals surface area contributed by atoms with Crippen LogP contribution in [0.5, 0.6) is 0 Å². The maximum absolute atomic E-state index is 14.7. The summed E-state index contributed by atoms with van der Waals surface area (Å²) in [5.41, 5.74) is -1.21. The van der Waals surface area contributed by atoms with E-state index in [1.54, 1.807) is 60.5 Å². The second kappa shape index (κ2) is 9.65. The highest BCUT2D eigenvalue weighted by Crippen LogP contribution is 2.29. The summed E-state index contributed by atoms with van der Waals surface area (Å²) in [5, 5.41) is 9.25. The third-order valence-electron chi connectivity index (χ3n) is 6.33. The Hall–Kier alpha value is -4.97. The summed E-state index contributed by atoms with van der Waals surface area (Å²) < 4.78 is 45.7. The van der Waals surface area contributed by atoms with Crippen LogP contribution in [0.3, 0.4) is 0 Å². The van der Waals surface area contributed by atoms with Crippen LogP contribution >= 0.6 is 11.6 Å². The van der Waals surface area contributed by atoms with Crippen LogP contribution in [0, 0.1) is 17.5 Å². The summed E-state index contributed by atoms with van der Waals surface area (Å²) in [5.74, 6) is -4.07. The molecule has 9 nitrogen and oxygen atoms in total. The normalized spacial score (nSPS) is 11.4. The largest absolute Gasteiger partial charge is 0.359 e. The van der Waals surface area contributed by atoms with Crippen LogP contribution < -0.4 is 16.7 Å². The molecule has 0 spiro atoms. The second-order valence-electron chi connectivity index (χ2n) is 8.98. The summed E-state index contributed by atoms with van der Waals surface area (Å²) in [6, 6.07) is 11.2. The SMILES string of the molecule is Cn1cc2cc(Nc3nc(=O)n(-c4cncc5ccccc45)c(=O)n3Cc3cc(F)c(F)cc3F)c(Cl)cc2n1. The van der Waals surface area contributed by atoms with E-state index in [4.69, 9.17) is 11.6 Å². The number of fused-ring (bicyclic) bond motifs is 2. The van der Waals surface area contributed by atoms with Gasteiger partial charge in [0, 0.05) is 47.2 Å². The molecule has 3 aromatic carbocycles. The van der Waals surface area contributed by atoms with E-state index in [0.29, 0.717) is 33.8 Å². The van der Waals surface area contributed by atoms with E-state index in [1.807, 2.05) is 0 Å². The molecule has 0 unspecified atom stereocenters. The molecule has 6 rings (SSSR count). The molecule has 0 aliphatic carbocycles. The Morgan fingerprint density at radius 1 is 0.950 bits per heavy atom. The monoisotopic (exact) mass is 563 g/mol. The molecule has 0 saturated heterocycles. The number of benzene rings is 3. The van der Waals surface area contributed by atoms with Gasteiger partial charge in [-0.05, 0) is 18.2 Å². The molecule has 3 aromatic heterocycles. The third-order valence-corrected chi connectivity index (χ3v) is 6.64. The van der Waals surface area contributed by atoms with Gasteiger partial charge in [0.25, 0.3) is 0 Å². The van der Waals surface area contributed by atoms with E-state index in [2.05, 4.69) is 20.4 Å². The second-order valence-corrected chi connectivity index (χ2v) is 9.39. The smallest absolute Gasteiger partial charge is 0.324 e. The number of hydrogen-bond acceptors (Lipinski definition) is 6. The molecule has 0 radical (unpaired) electrons. The molecule has 6 aromatic rings. The number of anilines is 2. The first kappa shape index (κ1) is 25.3. The van der Waals surface area contributed by atoms with E-state index >= 15 is 0 Å². The van der Waals surface area contributed by atoms with Crippen molar-refractivity contribution in [2.45, 2.75) is 6.54 Å². The molecule has 0 amide bonds. The van der Waals surface area contributed by atoms with E-state index in [9.17, 15) is 22.8 Å². The number of aromatic nitrogens is 6. The van der Waals surface area contributed by atoms with Crippen LogP contribution in [0.4, 0.5) is 24.8 Å². The van der Waals surface area contributed by atoms with Gasteiger partial charge in [0.2, 0.25) is 5.95 Å². The molecule has 40 heavy (non-hydrogen) atoms. The standard InChI is InChI=1S/C27H17ClF3N7O2/c1-36-12-16-7-23(18(28)8-22(16)35-36)33-25-34-26(39)38(24-11-32-10-14-4-2-3-5-17(14)24)27(40)37(25)13-15-6-20(30)21(31)9-19(15)29/h2-12H,13H2,1H3,(H,33,34,39). The lowest BCUT2D eigenvalue weighted by molar-refractivity contribution is 0.487. The van der Waals surface area contributed by atoms with Crippen molar-refractivity contribution in [3.05, 3.63) is 116 Å². The van der Waals surface area contributed by atoms with Crippen LogP contribution in [-0.4, -0.2) is 28.9 Å². The van der Waals surface area contributed by atoms with Crippen LogP contribution in [0.2, 0.25) is 5.02 Å². The Labute approximate surface area is 227 Å². The van der Waals surface area contributed by atoms with E-state index in [1.165, 1.54) is 6.20 Å². The van der Waals surface area contributed by atoms with Crippen LogP contribution in [0.25, 0.3) is 27.4 Å². The quantitative estimate of drug-likeness (QED) is 0.306. The van der Waals surface area contributed by atoms with Gasteiger partial charge in [-0.25, -0.2) is 27.3 Å². The van der Waals surface area contributed by atoms with Crippen LogP contribution in [0.15, 0.2) is 76.7 Å². The molecular formula is C27H17ClF3N7O2. The summed E-state index contributed by atoms with van der Waals surface area (Å²) in [6.45, 7) is -0.595. The highest BCUT2D eigenvalue weighted by molar-refractivity contribution is 6.34. The lowest BCUT2D eigenvalue weighted by Gasteiger charge is -2.17. The van der Waals surface area contributed by atoms with E-state index in [-0.39, 0.29) is 27.9 Å². The number of nitrogens with zero attached hydrogens (tertiary/aromatic N) is 6. The topological polar surface area (TPSA) is 99.6 Å². The predicted molar refractivity (Wildman–Crippen MR) is 144 cm³/mol. The fraction of sp³-hybridized carbons (Fsp3) is 0.0741. The van der Waals surface area contributed by atoms with Crippen LogP contribution in [-0.2, 0) is 13.6 Å². The Morgan fingerprint density at radius 3 is 2.55 bits per heavy atom. The predicted octanol–water partition coefficient (Wildman–Crippen LogP) is 4.69. The van der Waals surface area contributed by atoms with Gasteiger partial charge in [0.1, 0.15) is 5.82 Å². The first-order chi connectivity index (χ1) is 19.2. The number of hydrogen-bond donors (Lipinski definition) is 1. The molecule has 0 aliphatic rings. The highest BCUT2D eigenvalue weighted by atomic mass is 35.5. The van der Waals surface area contributed by atoms with Crippen molar-refractivity contribution < 1.29 is 13.2 Å². The van der Waals surface area contributed by atoms with Crippen molar-refractivity contribution in [3.63, 3.8) is 0 Å². The number of halogens is 4. The van der Waals surface area contributed by atoms with Crippen molar-refractivity contribution >= 4 is 44.9 Å². The van der Waals surface area contributed by atoms with Gasteiger partial charge in [0.05, 0.1) is 34.7 Å². The molecule has 0 fully saturated rings. The van der Waals surface area contributed by atoms with Crippen molar-refractivity contribution in [2.75, 3.05) is 5.32 Å². The molecule has 13 heteroatoms. The van der Waals surface area contributed by atoms with Gasteiger partial charge >= 0.3 is 11.4 Å². The maximum atomic E-state index is 14.7. The number of aryl methyl sites for hydroxylation is 1. The van der Waals surface area contributed by atoms with Gasteiger partial charge < -0.3 is 5.32 Å². The summed E-state index contributed by atoms with van der Waals surface area (Å²) in [6.07, 6.45) is 4.63. The Balaban J connectivity index is 1.57. The summed E-state index contributed by atoms with van der Waals surface area (Å²) in [7, 11) is 1.73. The highest BCUT2D eigenvalue weighted by Gasteiger charge is 2.20. The zero-order chi connectivity index (χ0) is 28.1. The first-order valence-corrected chi connectivity index (χ1v) is 12.2. The van der Waals surface area contributed by atoms with Crippen molar-refractivity contribution in [2.24, 2.45) is 7.05 Å². The third kappa shape index (κ3) is 4.37. The van der Waals surface area contributed by atoms with Gasteiger partial charge in [-0.1, -0.05) is 35.9 Å². The number of rotatable bonds is 5. The average Bonchev–Trinajstić information content (AvgIpc) is 3.28. The van der Waals surface area contributed by atoms with Crippen LogP contribution in [0.1, 0.15) is 5.56 Å². The van der Waals surface area contributed by atoms with Gasteiger partial charge in [-0.3, -0.25) is 14.2 Å². The minimum absolute atomic E-state index is 0.140. The van der Waals surface area contributed by atoms with Gasteiger partial charge in [0.15, 0.2) is 11.6 Å². The molecule has 200 valence electrons. The zero-order valence-electron chi connectivity index (χ0n) is 20.6. The molecule has 3 heterocycles. The fourth-order valence-corrected chi connectivity index (χ4v) is 4.66. The molecule has 0 bridgehead atoms. The summed E-state index contributed by atoms with van der Waals surface area (Å²) >= 11 is 6.44. The first-order valence-electron chi connectivity index (χ1n) is 11.8. The Bertz CT molecular complexity index is 2080. The van der Waals surface area contributed by atoms with Gasteiger partial charge in [-0.2, -0.15) is 10.1 Å². The molecule has 0 aliphatic heterocycles. The minimum atomic E-state index is -1.38. The number of nitrogens with one attached hydrogen (secondary N) is 1. The zero-order valence-corrected chi connectivity index (χ0v) is 21.3. The van der Waals surface area contributed by atoms with E-state index in [0.717, 1.165) is 9.13 Å². The maximum Gasteiger partial charge on any atom is 0.359 e. The van der Waals surface area contributed by atoms with Crippen molar-refractivity contribution in [1.29, 1.82) is 0 Å². The molecule has 0 atom stereocenters. The van der Waals surface area contributed by atoms with Crippen molar-refractivity contribution in [3.8, 4) is 5.69 Å². The minimum Gasteiger partial charge on any atom is -0.324 e. The molecule has 0 saturated carbocycles. The lowest BCUT2D eigenvalue weighted by atomic mass is 10.1. The number of pyridine rings is 1. The summed E-state index contributed by atoms with van der Waals surface area (Å²) in [4.78, 5) is 35.4. The van der Waals surface area contributed by atoms with E-state index < -0.39 is 35.4 Å². The Morgan fingerprint density at radius 2 is 1.73 bits per heavy atom. The average molecular weight is 564 g/mol. The van der Waals surface area contributed by atoms with Gasteiger partial charge in [-0.15, -0.1) is 0 Å². The molecule has 1 N–H and O–H groups in total. The Kier molecular flexibility index (Phi) is 6.11. The van der Waals surface area contributed by atoms with Crippen molar-refractivity contribution in [1.82, 2.24) is 28.9 Å². The molecular weight excluding hydrogens is 547 g/mol. The fourth-order valence-electron chi connectivity index (χ4n) is 4.46.